The third-order valence-corrected chi connectivity index (χ3v) is 7.60. The monoisotopic (exact) mass is 471 g/mol. The molecular weight excluding hydrogens is 441 g/mol. The van der Waals surface area contributed by atoms with E-state index in [-0.39, 0.29) is 30.9 Å². The SMILES string of the molecule is Cc1nn(C2CCN([C@@H]3CN[C@H](C(=O)N4CCSC4)C3)CC2)c2ccccc12.Cl.Cl. The summed E-state index contributed by atoms with van der Waals surface area (Å²) in [4.78, 5) is 17.3. The lowest BCUT2D eigenvalue weighted by molar-refractivity contribution is -0.131. The molecule has 1 amide bonds. The number of aryl methyl sites for hydroxylation is 1. The van der Waals surface area contributed by atoms with Crippen molar-refractivity contribution in [1.29, 1.82) is 0 Å². The van der Waals surface area contributed by atoms with Gasteiger partial charge in [-0.25, -0.2) is 0 Å². The molecule has 4 heterocycles. The van der Waals surface area contributed by atoms with Crippen LogP contribution in [0.4, 0.5) is 0 Å². The average Bonchev–Trinajstić information content (AvgIpc) is 3.49. The fraction of sp³-hybridized carbons (Fsp3) is 0.619. The molecule has 3 fully saturated rings. The molecule has 0 spiro atoms. The molecule has 1 aromatic carbocycles. The van der Waals surface area contributed by atoms with E-state index in [4.69, 9.17) is 5.10 Å². The van der Waals surface area contributed by atoms with Crippen molar-refractivity contribution in [2.24, 2.45) is 0 Å². The highest BCUT2D eigenvalue weighted by molar-refractivity contribution is 7.99. The van der Waals surface area contributed by atoms with E-state index < -0.39 is 0 Å². The molecule has 0 aliphatic carbocycles. The Balaban J connectivity index is 0.00000128. The van der Waals surface area contributed by atoms with Gasteiger partial charge in [-0.3, -0.25) is 14.4 Å². The van der Waals surface area contributed by atoms with Crippen molar-refractivity contribution >= 4 is 53.4 Å². The van der Waals surface area contributed by atoms with Crippen LogP contribution in [0.1, 0.15) is 31.0 Å². The van der Waals surface area contributed by atoms with Gasteiger partial charge in [0.15, 0.2) is 0 Å². The Morgan fingerprint density at radius 1 is 1.13 bits per heavy atom. The Morgan fingerprint density at radius 2 is 1.90 bits per heavy atom. The topological polar surface area (TPSA) is 53.4 Å². The zero-order valence-corrected chi connectivity index (χ0v) is 19.8. The van der Waals surface area contributed by atoms with E-state index in [9.17, 15) is 4.79 Å². The summed E-state index contributed by atoms with van der Waals surface area (Å²) in [5.41, 5.74) is 2.38. The summed E-state index contributed by atoms with van der Waals surface area (Å²) in [5.74, 6) is 2.25. The van der Waals surface area contributed by atoms with Crippen LogP contribution in [0.5, 0.6) is 0 Å². The molecule has 0 bridgehead atoms. The summed E-state index contributed by atoms with van der Waals surface area (Å²) in [7, 11) is 0. The number of hydrogen-bond acceptors (Lipinski definition) is 5. The molecule has 2 atom stereocenters. The van der Waals surface area contributed by atoms with Gasteiger partial charge in [0, 0.05) is 43.4 Å². The van der Waals surface area contributed by atoms with Crippen LogP contribution in [0, 0.1) is 6.92 Å². The van der Waals surface area contributed by atoms with Crippen LogP contribution in [0.25, 0.3) is 10.9 Å². The Morgan fingerprint density at radius 3 is 2.63 bits per heavy atom. The number of nitrogens with one attached hydrogen (secondary N) is 1. The summed E-state index contributed by atoms with van der Waals surface area (Å²) < 4.78 is 2.26. The first-order valence-electron chi connectivity index (χ1n) is 10.5. The maximum Gasteiger partial charge on any atom is 0.240 e. The van der Waals surface area contributed by atoms with Gasteiger partial charge in [0.25, 0.3) is 0 Å². The van der Waals surface area contributed by atoms with Crippen molar-refractivity contribution in [2.75, 3.05) is 37.8 Å². The second-order valence-electron chi connectivity index (χ2n) is 8.30. The van der Waals surface area contributed by atoms with Gasteiger partial charge in [-0.1, -0.05) is 18.2 Å². The summed E-state index contributed by atoms with van der Waals surface area (Å²) in [6.45, 7) is 6.13. The van der Waals surface area contributed by atoms with E-state index >= 15 is 0 Å². The first-order chi connectivity index (χ1) is 13.7. The summed E-state index contributed by atoms with van der Waals surface area (Å²) in [6, 6.07) is 9.54. The van der Waals surface area contributed by atoms with E-state index in [1.165, 1.54) is 10.9 Å². The van der Waals surface area contributed by atoms with Crippen molar-refractivity contribution in [3.63, 3.8) is 0 Å². The predicted octanol–water partition coefficient (Wildman–Crippen LogP) is 3.09. The fourth-order valence-corrected chi connectivity index (χ4v) is 5.97. The highest BCUT2D eigenvalue weighted by Crippen LogP contribution is 2.30. The predicted molar refractivity (Wildman–Crippen MR) is 128 cm³/mol. The lowest BCUT2D eigenvalue weighted by Crippen LogP contribution is -2.43. The molecule has 1 aromatic heterocycles. The van der Waals surface area contributed by atoms with Crippen molar-refractivity contribution in [3.8, 4) is 0 Å². The van der Waals surface area contributed by atoms with Crippen LogP contribution in [-0.4, -0.2) is 75.4 Å². The Kier molecular flexibility index (Phi) is 7.96. The van der Waals surface area contributed by atoms with Crippen molar-refractivity contribution in [3.05, 3.63) is 30.0 Å². The Labute approximate surface area is 194 Å². The van der Waals surface area contributed by atoms with Crippen LogP contribution in [-0.2, 0) is 4.79 Å². The molecule has 6 nitrogen and oxygen atoms in total. The number of fused-ring (bicyclic) bond motifs is 1. The molecule has 0 unspecified atom stereocenters. The molecular formula is C21H31Cl2N5OS. The number of carbonyl (C=O) groups is 1. The molecule has 1 N–H and O–H groups in total. The molecule has 3 saturated heterocycles. The second kappa shape index (κ2) is 10.1. The minimum absolute atomic E-state index is 0. The normalized spacial score (nSPS) is 25.3. The molecule has 3 aliphatic heterocycles. The number of hydrogen-bond donors (Lipinski definition) is 1. The third kappa shape index (κ3) is 4.46. The van der Waals surface area contributed by atoms with Gasteiger partial charge in [0.1, 0.15) is 0 Å². The number of thioether (sulfide) groups is 1. The molecule has 3 aliphatic rings. The van der Waals surface area contributed by atoms with Crippen molar-refractivity contribution in [2.45, 2.75) is 44.3 Å². The molecule has 0 saturated carbocycles. The van der Waals surface area contributed by atoms with Crippen LogP contribution < -0.4 is 5.32 Å². The maximum absolute atomic E-state index is 12.7. The third-order valence-electron chi connectivity index (χ3n) is 6.63. The van der Waals surface area contributed by atoms with Gasteiger partial charge < -0.3 is 10.2 Å². The van der Waals surface area contributed by atoms with Crippen LogP contribution in [0.15, 0.2) is 24.3 Å². The summed E-state index contributed by atoms with van der Waals surface area (Å²) >= 11 is 1.86. The number of likely N-dealkylation sites (tertiary alicyclic amines) is 1. The minimum atomic E-state index is 0. The zero-order valence-electron chi connectivity index (χ0n) is 17.3. The molecule has 30 heavy (non-hydrogen) atoms. The van der Waals surface area contributed by atoms with Gasteiger partial charge >= 0.3 is 0 Å². The van der Waals surface area contributed by atoms with Crippen LogP contribution in [0.2, 0.25) is 0 Å². The highest BCUT2D eigenvalue weighted by atomic mass is 35.5. The van der Waals surface area contributed by atoms with Crippen LogP contribution >= 0.6 is 36.6 Å². The van der Waals surface area contributed by atoms with E-state index in [1.807, 2.05) is 16.7 Å². The first-order valence-corrected chi connectivity index (χ1v) is 11.6. The highest BCUT2D eigenvalue weighted by Gasteiger charge is 2.37. The molecule has 166 valence electrons. The van der Waals surface area contributed by atoms with E-state index in [0.717, 1.165) is 62.8 Å². The lowest BCUT2D eigenvalue weighted by atomic mass is 10.0. The van der Waals surface area contributed by atoms with E-state index in [2.05, 4.69) is 46.1 Å². The van der Waals surface area contributed by atoms with Crippen molar-refractivity contribution in [1.82, 2.24) is 24.9 Å². The summed E-state index contributed by atoms with van der Waals surface area (Å²) in [5, 5.41) is 9.61. The molecule has 9 heteroatoms. The molecule has 0 radical (unpaired) electrons. The number of halogens is 2. The van der Waals surface area contributed by atoms with E-state index in [0.29, 0.717) is 18.0 Å². The van der Waals surface area contributed by atoms with E-state index in [1.54, 1.807) is 0 Å². The fourth-order valence-electron chi connectivity index (χ4n) is 5.01. The minimum Gasteiger partial charge on any atom is -0.331 e. The quantitative estimate of drug-likeness (QED) is 0.744. The smallest absolute Gasteiger partial charge is 0.240 e. The standard InChI is InChI=1S/C21H29N5OS.2ClH/c1-15-18-4-2-3-5-20(18)26(23-15)16-6-8-24(9-7-16)17-12-19(22-13-17)21(27)25-10-11-28-14-25;;/h2-5,16-17,19,22H,6-14H2,1H3;2*1H/t17-,19-;;/m0../s1. The van der Waals surface area contributed by atoms with Gasteiger partial charge in [-0.15, -0.1) is 36.6 Å². The number of aromatic nitrogens is 2. The number of rotatable bonds is 3. The second-order valence-corrected chi connectivity index (χ2v) is 9.38. The Bertz CT molecular complexity index is 864. The average molecular weight is 472 g/mol. The number of piperidine rings is 1. The zero-order chi connectivity index (χ0) is 19.1. The van der Waals surface area contributed by atoms with Gasteiger partial charge in [-0.2, -0.15) is 5.10 Å². The summed E-state index contributed by atoms with van der Waals surface area (Å²) in [6.07, 6.45) is 3.21. The Hall–Kier alpha value is -0.990. The number of nitrogens with zero attached hydrogens (tertiary/aromatic N) is 4. The van der Waals surface area contributed by atoms with Crippen molar-refractivity contribution < 1.29 is 4.79 Å². The van der Waals surface area contributed by atoms with Gasteiger partial charge in [0.2, 0.25) is 5.91 Å². The number of amides is 1. The lowest BCUT2D eigenvalue weighted by Gasteiger charge is -2.36. The van der Waals surface area contributed by atoms with Gasteiger partial charge in [-0.05, 0) is 32.3 Å². The number of benzene rings is 1. The maximum atomic E-state index is 12.7. The molecule has 5 rings (SSSR count). The largest absolute Gasteiger partial charge is 0.331 e. The first kappa shape index (κ1) is 23.7. The van der Waals surface area contributed by atoms with Gasteiger partial charge in [0.05, 0.1) is 29.2 Å². The number of para-hydroxylation sites is 1. The molecule has 2 aromatic rings. The number of carbonyl (C=O) groups excluding carboxylic acids is 1. The van der Waals surface area contributed by atoms with Crippen LogP contribution in [0.3, 0.4) is 0 Å².